The lowest BCUT2D eigenvalue weighted by atomic mass is 10.0. The van der Waals surface area contributed by atoms with Crippen LogP contribution in [0.3, 0.4) is 0 Å². The van der Waals surface area contributed by atoms with Gasteiger partial charge in [0.1, 0.15) is 39.8 Å². The number of H-pyrrole nitrogens is 2. The van der Waals surface area contributed by atoms with Gasteiger partial charge >= 0.3 is 5.20 Å². The highest BCUT2D eigenvalue weighted by atomic mass is 36.0. The Hall–Kier alpha value is -10.1. The fraction of sp³-hybridized carbons (Fsp3) is 0.389. The zero-order valence-electron chi connectivity index (χ0n) is 60.2. The highest BCUT2D eigenvalue weighted by Crippen LogP contribution is 2.61. The maximum Gasteiger partial charge on any atom is 0.339 e. The lowest BCUT2D eigenvalue weighted by Crippen LogP contribution is -2.20. The average Bonchev–Trinajstić information content (AvgIpc) is 1.05. The number of hydrogen-bond donors (Lipinski definition) is 9. The number of aryl methyl sites for hydroxylation is 2. The molecule has 14 N–H and O–H groups in total. The predicted octanol–water partition coefficient (Wildman–Crippen LogP) is 13.2. The minimum Gasteiger partial charge on any atom is -0.496 e. The summed E-state index contributed by atoms with van der Waals surface area (Å²) < 4.78 is 31.1. The Labute approximate surface area is 633 Å². The van der Waals surface area contributed by atoms with Crippen molar-refractivity contribution in [1.29, 1.82) is 0 Å². The largest absolute Gasteiger partial charge is 0.496 e. The van der Waals surface area contributed by atoms with Gasteiger partial charge in [0.25, 0.3) is 5.56 Å². The SMILES string of the molecule is CCCCN.CCCCNc1nc(N)nc(CCc2nn[nH]n2)c1Cc1ccccc1OC.O=P(Cl)(Cl)Cl.[C-]#[N+]CCc1nc(N)[nH]c(=O)c1Cc1ccccc1OC.[C-]#[N+]CCc1nc(N)nc(Cl)c1Cc1ccccc1OC.[C-]#[N+]CCc1nc(N)nc(NCCCC)c1Cc1ccccc1OC. The van der Waals surface area contributed by atoms with Gasteiger partial charge in [-0.3, -0.25) is 14.3 Å². The Balaban J connectivity index is 0.000000285. The molecule has 0 aliphatic rings. The molecule has 0 saturated carbocycles. The number of ether oxygens (including phenoxy) is 4. The third kappa shape index (κ3) is 31.8. The monoisotopic (exact) mass is 1530 g/mol. The first kappa shape index (κ1) is 87.3. The summed E-state index contributed by atoms with van der Waals surface area (Å²) in [5.41, 5.74) is 38.3. The van der Waals surface area contributed by atoms with Gasteiger partial charge in [-0.15, -0.1) is 10.2 Å². The molecule has 0 saturated heterocycles. The van der Waals surface area contributed by atoms with Crippen molar-refractivity contribution in [2.24, 2.45) is 5.73 Å². The molecule has 28 nitrogen and oxygen atoms in total. The van der Waals surface area contributed by atoms with Gasteiger partial charge in [0, 0.05) is 67.4 Å². The van der Waals surface area contributed by atoms with Crippen LogP contribution in [-0.4, -0.2) is 128 Å². The fourth-order valence-corrected chi connectivity index (χ4v) is 10.4. The maximum atomic E-state index is 12.1. The van der Waals surface area contributed by atoms with Gasteiger partial charge in [0.15, 0.2) is 5.82 Å². The van der Waals surface area contributed by atoms with E-state index in [1.807, 2.05) is 97.1 Å². The summed E-state index contributed by atoms with van der Waals surface area (Å²) in [4.78, 5) is 54.9. The Morgan fingerprint density at radius 2 is 0.848 bits per heavy atom. The van der Waals surface area contributed by atoms with Crippen molar-refractivity contribution in [3.8, 4) is 23.0 Å². The van der Waals surface area contributed by atoms with E-state index in [-0.39, 0.29) is 35.9 Å². The molecule has 0 radical (unpaired) electrons. The summed E-state index contributed by atoms with van der Waals surface area (Å²) in [5, 5.41) is 18.0. The predicted molar refractivity (Wildman–Crippen MR) is 420 cm³/mol. The van der Waals surface area contributed by atoms with Crippen molar-refractivity contribution in [3.63, 3.8) is 0 Å². The number of rotatable bonds is 31. The third-order valence-electron chi connectivity index (χ3n) is 15.2. The number of halogens is 4. The summed E-state index contributed by atoms with van der Waals surface area (Å²) in [5.74, 6) is 6.02. The Bertz CT molecular complexity index is 4330. The molecule has 560 valence electrons. The van der Waals surface area contributed by atoms with E-state index in [0.29, 0.717) is 98.9 Å². The average molecular weight is 1540 g/mol. The molecule has 5 heterocycles. The number of unbranched alkanes of at least 4 members (excludes halogenated alkanes) is 3. The van der Waals surface area contributed by atoms with Crippen molar-refractivity contribution >= 4 is 86.0 Å². The second-order valence-electron chi connectivity index (χ2n) is 22.7. The molecule has 4 aromatic carbocycles. The second kappa shape index (κ2) is 48.8. The van der Waals surface area contributed by atoms with Crippen LogP contribution >= 0.6 is 50.5 Å². The van der Waals surface area contributed by atoms with Crippen molar-refractivity contribution in [2.75, 3.05) is 101 Å². The van der Waals surface area contributed by atoms with E-state index in [4.69, 9.17) is 78.9 Å². The van der Waals surface area contributed by atoms with Gasteiger partial charge in [-0.2, -0.15) is 15.2 Å². The second-order valence-corrected chi connectivity index (χ2v) is 29.7. The molecule has 0 atom stereocenters. The lowest BCUT2D eigenvalue weighted by molar-refractivity contribution is 0.410. The van der Waals surface area contributed by atoms with Crippen molar-refractivity contribution in [1.82, 2.24) is 60.5 Å². The first-order valence-electron chi connectivity index (χ1n) is 33.7. The molecule has 0 bridgehead atoms. The van der Waals surface area contributed by atoms with Crippen LogP contribution in [0.4, 0.5) is 35.4 Å². The van der Waals surface area contributed by atoms with Crippen LogP contribution < -0.4 is 63.8 Å². The summed E-state index contributed by atoms with van der Waals surface area (Å²) in [6.45, 7) is 30.8. The molecule has 0 aliphatic carbocycles. The molecule has 5 aromatic heterocycles. The molecular weight excluding hydrogens is 1440 g/mol. The van der Waals surface area contributed by atoms with Crippen LogP contribution in [0.5, 0.6) is 23.0 Å². The smallest absolute Gasteiger partial charge is 0.339 e. The number of tetrazole rings is 1. The molecular formula is C72H93Cl4N22O6P. The summed E-state index contributed by atoms with van der Waals surface area (Å²) >= 11 is 20.1. The Kier molecular flexibility index (Phi) is 40.5. The number of methoxy groups -OCH3 is 4. The minimum absolute atomic E-state index is 0.0729. The zero-order chi connectivity index (χ0) is 76.9. The topological polar surface area (TPSA) is 399 Å². The van der Waals surface area contributed by atoms with Crippen LogP contribution in [-0.2, 0) is 62.4 Å². The molecule has 0 aliphatic heterocycles. The van der Waals surface area contributed by atoms with E-state index in [2.05, 4.69) is 140 Å². The number of aromatic nitrogens is 12. The summed E-state index contributed by atoms with van der Waals surface area (Å²) in [6.07, 6.45) is 11.6. The number of para-hydroxylation sites is 4. The van der Waals surface area contributed by atoms with Crippen LogP contribution in [0.1, 0.15) is 132 Å². The van der Waals surface area contributed by atoms with Crippen molar-refractivity contribution in [2.45, 2.75) is 117 Å². The highest BCUT2D eigenvalue weighted by molar-refractivity contribution is 8.24. The first-order valence-corrected chi connectivity index (χ1v) is 38.5. The van der Waals surface area contributed by atoms with E-state index in [0.717, 1.165) is 130 Å². The molecule has 0 unspecified atom stereocenters. The lowest BCUT2D eigenvalue weighted by Gasteiger charge is -2.16. The van der Waals surface area contributed by atoms with Gasteiger partial charge in [0.05, 0.1) is 70.5 Å². The number of benzene rings is 4. The van der Waals surface area contributed by atoms with Gasteiger partial charge < -0.3 is 72.8 Å². The number of hydrogen-bond acceptors (Lipinski definition) is 23. The normalized spacial score (nSPS) is 10.3. The molecule has 105 heavy (non-hydrogen) atoms. The quantitative estimate of drug-likeness (QED) is 0.00843. The summed E-state index contributed by atoms with van der Waals surface area (Å²) in [6, 6.07) is 31.0. The first-order chi connectivity index (χ1) is 50.6. The maximum absolute atomic E-state index is 12.1. The molecule has 0 spiro atoms. The number of anilines is 6. The summed E-state index contributed by atoms with van der Waals surface area (Å²) in [7, 11) is 6.55. The van der Waals surface area contributed by atoms with Crippen LogP contribution in [0, 0.1) is 19.7 Å². The van der Waals surface area contributed by atoms with Crippen LogP contribution in [0.25, 0.3) is 14.5 Å². The van der Waals surface area contributed by atoms with Gasteiger partial charge in [-0.05, 0) is 112 Å². The standard InChI is InChI=1S/C19H26N8O.C19H25N5O.C15H15ClN4O.C15H16N4O2.C4H11N.Cl3OP/c1-3-4-11-21-18-14(12-13-7-5-6-8-16(13)28-2)15(22-19(20)23-18)9-10-17-24-26-27-25-17;1-4-5-11-22-18-15(13-14-8-6-7-9-17(14)25-3)16(10-12-21-2)23-19(20)24-18;1-18-8-7-12-11(14(16)20-15(17)19-12)9-10-5-3-4-6-13(10)21-2;1-17-8-7-12-11(14(20)19-15(16)18-12)9-10-5-3-4-6-13(10)21-2;1-2-3-4-5;1-5(2,3)4/h5-8H,3-4,9-12H2,1-2H3,(H3,20,21,22,23)(H,24,25,26,27);6-9H,4-5,10-13H2,1,3H3,(H3,20,22,23,24);3-6H,7-9H2,2H3,(H2,17,19,20);3-6H,7-9H2,2H3,(H3,16,18,19,20);2-5H2,1H3;. The van der Waals surface area contributed by atoms with E-state index in [1.165, 1.54) is 12.8 Å². The van der Waals surface area contributed by atoms with Crippen LogP contribution in [0.2, 0.25) is 5.15 Å². The van der Waals surface area contributed by atoms with Gasteiger partial charge in [-0.1, -0.05) is 130 Å². The molecule has 33 heteroatoms. The number of nitrogens with zero attached hydrogens (tertiary/aromatic N) is 13. The number of nitrogens with two attached hydrogens (primary N) is 5. The third-order valence-corrected chi connectivity index (χ3v) is 15.5. The number of aromatic amines is 2. The molecule has 9 rings (SSSR count). The Morgan fingerprint density at radius 1 is 0.495 bits per heavy atom. The number of nitrogen functional groups attached to an aromatic ring is 4. The van der Waals surface area contributed by atoms with Crippen molar-refractivity contribution < 1.29 is 23.5 Å². The minimum atomic E-state index is -3.22. The van der Waals surface area contributed by atoms with E-state index in [9.17, 15) is 9.36 Å². The van der Waals surface area contributed by atoms with E-state index < -0.39 is 5.20 Å². The highest BCUT2D eigenvalue weighted by Gasteiger charge is 2.21. The molecule has 9 aromatic rings. The van der Waals surface area contributed by atoms with E-state index >= 15 is 0 Å². The fourth-order valence-electron chi connectivity index (χ4n) is 10.2. The van der Waals surface area contributed by atoms with E-state index in [1.54, 1.807) is 28.4 Å². The number of nitrogens with one attached hydrogen (secondary N) is 4. The zero-order valence-corrected chi connectivity index (χ0v) is 64.1. The van der Waals surface area contributed by atoms with Crippen LogP contribution in [0.15, 0.2) is 102 Å². The van der Waals surface area contributed by atoms with Gasteiger partial charge in [0.2, 0.25) is 43.4 Å². The molecule has 0 fully saturated rings. The Morgan fingerprint density at radius 3 is 1.20 bits per heavy atom. The molecule has 0 amide bonds. The van der Waals surface area contributed by atoms with Gasteiger partial charge in [-0.25, -0.2) is 44.6 Å². The van der Waals surface area contributed by atoms with Crippen molar-refractivity contribution in [3.05, 3.63) is 220 Å².